The third kappa shape index (κ3) is 1.95. The van der Waals surface area contributed by atoms with Crippen molar-refractivity contribution >= 4 is 21.8 Å². The topological polar surface area (TPSA) is 38.7 Å². The summed E-state index contributed by atoms with van der Waals surface area (Å²) in [6.07, 6.45) is 3.46. The molecule has 0 spiro atoms. The van der Waals surface area contributed by atoms with E-state index < -0.39 is 0 Å². The number of nitrogens with zero attached hydrogens (tertiary/aromatic N) is 3. The third-order valence-corrected chi connectivity index (χ3v) is 3.50. The Labute approximate surface area is 112 Å². The van der Waals surface area contributed by atoms with Crippen molar-refractivity contribution in [3.8, 4) is 0 Å². The molecule has 3 rings (SSSR count). The highest BCUT2D eigenvalue weighted by atomic mass is 14.8. The molecular weight excluding hydrogens is 234 g/mol. The van der Waals surface area contributed by atoms with E-state index in [2.05, 4.69) is 53.9 Å². The Morgan fingerprint density at radius 3 is 2.58 bits per heavy atom. The van der Waals surface area contributed by atoms with Gasteiger partial charge in [-0.3, -0.25) is 4.98 Å². The smallest absolute Gasteiger partial charge is 0.116 e. The number of aromatic nitrogens is 3. The van der Waals surface area contributed by atoms with Gasteiger partial charge < -0.3 is 0 Å². The highest BCUT2D eigenvalue weighted by Gasteiger charge is 2.15. The number of rotatable bonds is 0. The predicted molar refractivity (Wildman–Crippen MR) is 78.3 cm³/mol. The maximum absolute atomic E-state index is 4.64. The van der Waals surface area contributed by atoms with E-state index in [1.165, 1.54) is 5.56 Å². The average molecular weight is 251 g/mol. The standard InChI is InChI=1S/C16H17N3/c1-10-15-13(8-17-9-18-15)12-7-11(16(2,3)4)5-6-14(12)19-10/h5-9H,1-4H3. The van der Waals surface area contributed by atoms with E-state index in [4.69, 9.17) is 0 Å². The third-order valence-electron chi connectivity index (χ3n) is 3.50. The Bertz CT molecular complexity index is 770. The van der Waals surface area contributed by atoms with E-state index >= 15 is 0 Å². The van der Waals surface area contributed by atoms with Crippen molar-refractivity contribution in [2.75, 3.05) is 0 Å². The molecule has 0 radical (unpaired) electrons. The molecule has 0 amide bonds. The molecule has 0 aliphatic rings. The van der Waals surface area contributed by atoms with Crippen molar-refractivity contribution in [2.24, 2.45) is 0 Å². The number of hydrogen-bond donors (Lipinski definition) is 0. The fraction of sp³-hybridized carbons (Fsp3) is 0.312. The van der Waals surface area contributed by atoms with Gasteiger partial charge in [-0.1, -0.05) is 26.8 Å². The molecule has 2 heterocycles. The lowest BCUT2D eigenvalue weighted by Gasteiger charge is -2.19. The second kappa shape index (κ2) is 3.98. The zero-order valence-electron chi connectivity index (χ0n) is 11.7. The van der Waals surface area contributed by atoms with Crippen LogP contribution in [0.3, 0.4) is 0 Å². The molecule has 0 bridgehead atoms. The Morgan fingerprint density at radius 2 is 1.84 bits per heavy atom. The quantitative estimate of drug-likeness (QED) is 0.571. The lowest BCUT2D eigenvalue weighted by molar-refractivity contribution is 0.591. The molecule has 0 aliphatic carbocycles. The van der Waals surface area contributed by atoms with Crippen LogP contribution in [0.25, 0.3) is 21.8 Å². The van der Waals surface area contributed by atoms with Crippen LogP contribution in [-0.2, 0) is 5.41 Å². The van der Waals surface area contributed by atoms with Crippen LogP contribution >= 0.6 is 0 Å². The molecule has 0 N–H and O–H groups in total. The second-order valence-electron chi connectivity index (χ2n) is 5.96. The van der Waals surface area contributed by atoms with Crippen LogP contribution in [0.15, 0.2) is 30.7 Å². The van der Waals surface area contributed by atoms with Gasteiger partial charge in [0, 0.05) is 17.0 Å². The molecule has 3 nitrogen and oxygen atoms in total. The maximum Gasteiger partial charge on any atom is 0.116 e. The molecule has 0 unspecified atom stereocenters. The fourth-order valence-electron chi connectivity index (χ4n) is 2.36. The SMILES string of the molecule is Cc1nc2ccc(C(C)(C)C)cc2c2cncnc12. The van der Waals surface area contributed by atoms with Gasteiger partial charge in [-0.2, -0.15) is 0 Å². The molecule has 96 valence electrons. The molecule has 3 aromatic rings. The summed E-state index contributed by atoms with van der Waals surface area (Å²) >= 11 is 0. The minimum Gasteiger partial charge on any atom is -0.251 e. The summed E-state index contributed by atoms with van der Waals surface area (Å²) in [5.41, 5.74) is 4.33. The fourth-order valence-corrected chi connectivity index (χ4v) is 2.36. The zero-order valence-corrected chi connectivity index (χ0v) is 11.7. The van der Waals surface area contributed by atoms with E-state index in [0.717, 1.165) is 27.5 Å². The molecule has 19 heavy (non-hydrogen) atoms. The van der Waals surface area contributed by atoms with Gasteiger partial charge in [0.15, 0.2) is 0 Å². The minimum atomic E-state index is 0.126. The number of benzene rings is 1. The van der Waals surface area contributed by atoms with Crippen molar-refractivity contribution in [1.82, 2.24) is 15.0 Å². The largest absolute Gasteiger partial charge is 0.251 e. The summed E-state index contributed by atoms with van der Waals surface area (Å²) in [5.74, 6) is 0. The Balaban J connectivity index is 2.44. The summed E-state index contributed by atoms with van der Waals surface area (Å²) in [7, 11) is 0. The number of fused-ring (bicyclic) bond motifs is 3. The molecule has 3 heteroatoms. The van der Waals surface area contributed by atoms with Gasteiger partial charge in [-0.15, -0.1) is 0 Å². The zero-order chi connectivity index (χ0) is 13.6. The van der Waals surface area contributed by atoms with Crippen LogP contribution in [0, 0.1) is 6.92 Å². The average Bonchev–Trinajstić information content (AvgIpc) is 2.37. The van der Waals surface area contributed by atoms with Crippen LogP contribution in [0.4, 0.5) is 0 Å². The molecular formula is C16H17N3. The maximum atomic E-state index is 4.64. The minimum absolute atomic E-state index is 0.126. The van der Waals surface area contributed by atoms with Gasteiger partial charge >= 0.3 is 0 Å². The van der Waals surface area contributed by atoms with E-state index in [-0.39, 0.29) is 5.41 Å². The number of aryl methyl sites for hydroxylation is 1. The first-order valence-corrected chi connectivity index (χ1v) is 6.47. The molecule has 1 aromatic carbocycles. The number of pyridine rings is 1. The van der Waals surface area contributed by atoms with Crippen molar-refractivity contribution < 1.29 is 0 Å². The molecule has 0 saturated heterocycles. The van der Waals surface area contributed by atoms with E-state index in [9.17, 15) is 0 Å². The molecule has 0 aliphatic heterocycles. The predicted octanol–water partition coefficient (Wildman–Crippen LogP) is 3.78. The Hall–Kier alpha value is -2.03. The molecule has 0 atom stereocenters. The van der Waals surface area contributed by atoms with Crippen molar-refractivity contribution in [3.05, 3.63) is 42.0 Å². The van der Waals surface area contributed by atoms with Gasteiger partial charge in [0.25, 0.3) is 0 Å². The van der Waals surface area contributed by atoms with Crippen LogP contribution in [0.5, 0.6) is 0 Å². The van der Waals surface area contributed by atoms with Gasteiger partial charge in [0.1, 0.15) is 6.33 Å². The Morgan fingerprint density at radius 1 is 1.05 bits per heavy atom. The van der Waals surface area contributed by atoms with Crippen LogP contribution in [0.2, 0.25) is 0 Å². The van der Waals surface area contributed by atoms with Crippen LogP contribution in [-0.4, -0.2) is 15.0 Å². The summed E-state index contributed by atoms with van der Waals surface area (Å²) in [5, 5.41) is 2.21. The van der Waals surface area contributed by atoms with Gasteiger partial charge in [-0.05, 0) is 30.0 Å². The lowest BCUT2D eigenvalue weighted by atomic mass is 9.86. The second-order valence-corrected chi connectivity index (χ2v) is 5.96. The van der Waals surface area contributed by atoms with E-state index in [1.807, 2.05) is 13.1 Å². The molecule has 2 aromatic heterocycles. The lowest BCUT2D eigenvalue weighted by Crippen LogP contribution is -2.10. The highest BCUT2D eigenvalue weighted by molar-refractivity contribution is 6.04. The van der Waals surface area contributed by atoms with Crippen LogP contribution in [0.1, 0.15) is 32.0 Å². The summed E-state index contributed by atoms with van der Waals surface area (Å²) in [6, 6.07) is 6.47. The van der Waals surface area contributed by atoms with Gasteiger partial charge in [0.05, 0.1) is 16.7 Å². The van der Waals surface area contributed by atoms with E-state index in [0.29, 0.717) is 0 Å². The summed E-state index contributed by atoms with van der Waals surface area (Å²) in [6.45, 7) is 8.64. The number of hydrogen-bond acceptors (Lipinski definition) is 3. The molecule has 0 fully saturated rings. The van der Waals surface area contributed by atoms with Gasteiger partial charge in [0.2, 0.25) is 0 Å². The first kappa shape index (κ1) is 12.0. The first-order chi connectivity index (χ1) is 8.97. The monoisotopic (exact) mass is 251 g/mol. The van der Waals surface area contributed by atoms with Gasteiger partial charge in [-0.25, -0.2) is 9.97 Å². The highest BCUT2D eigenvalue weighted by Crippen LogP contribution is 2.29. The molecule has 0 saturated carbocycles. The van der Waals surface area contributed by atoms with E-state index in [1.54, 1.807) is 6.33 Å². The summed E-state index contributed by atoms with van der Waals surface area (Å²) < 4.78 is 0. The summed E-state index contributed by atoms with van der Waals surface area (Å²) in [4.78, 5) is 13.1. The Kier molecular flexibility index (Phi) is 2.52. The normalized spacial score (nSPS) is 12.2. The van der Waals surface area contributed by atoms with Crippen molar-refractivity contribution in [2.45, 2.75) is 33.1 Å². The van der Waals surface area contributed by atoms with Crippen molar-refractivity contribution in [3.63, 3.8) is 0 Å². The first-order valence-electron chi connectivity index (χ1n) is 6.47. The van der Waals surface area contributed by atoms with Crippen molar-refractivity contribution in [1.29, 1.82) is 0 Å². The van der Waals surface area contributed by atoms with Crippen LogP contribution < -0.4 is 0 Å².